The van der Waals surface area contributed by atoms with Crippen LogP contribution in [-0.2, 0) is 11.2 Å². The molecule has 130 valence electrons. The molecule has 1 aliphatic heterocycles. The van der Waals surface area contributed by atoms with E-state index in [1.165, 1.54) is 0 Å². The SMILES string of the molecule is CN(CCOc1ccccc1Cl)C(=O)c1ccc2c(c1)CCC(=O)N2. The van der Waals surface area contributed by atoms with Crippen LogP contribution < -0.4 is 10.1 Å². The molecule has 2 aromatic carbocycles. The van der Waals surface area contributed by atoms with E-state index in [0.29, 0.717) is 42.3 Å². The van der Waals surface area contributed by atoms with Gasteiger partial charge in [0, 0.05) is 24.7 Å². The number of para-hydroxylation sites is 1. The Bertz CT molecular complexity index is 807. The van der Waals surface area contributed by atoms with Crippen LogP contribution in [0.3, 0.4) is 0 Å². The van der Waals surface area contributed by atoms with Gasteiger partial charge in [0.2, 0.25) is 5.91 Å². The Morgan fingerprint density at radius 2 is 2.04 bits per heavy atom. The van der Waals surface area contributed by atoms with Crippen molar-refractivity contribution in [3.8, 4) is 5.75 Å². The quantitative estimate of drug-likeness (QED) is 0.891. The van der Waals surface area contributed by atoms with Crippen LogP contribution in [-0.4, -0.2) is 36.9 Å². The Morgan fingerprint density at radius 3 is 2.84 bits per heavy atom. The van der Waals surface area contributed by atoms with E-state index in [9.17, 15) is 9.59 Å². The molecular formula is C19H19ClN2O3. The second kappa shape index (κ2) is 7.57. The lowest BCUT2D eigenvalue weighted by Crippen LogP contribution is -2.31. The number of carbonyl (C=O) groups is 2. The molecule has 6 heteroatoms. The van der Waals surface area contributed by atoms with Gasteiger partial charge in [0.15, 0.2) is 0 Å². The van der Waals surface area contributed by atoms with E-state index in [1.807, 2.05) is 18.2 Å². The highest BCUT2D eigenvalue weighted by molar-refractivity contribution is 6.32. The number of carbonyl (C=O) groups excluding carboxylic acids is 2. The van der Waals surface area contributed by atoms with Crippen LogP contribution in [0.4, 0.5) is 5.69 Å². The Labute approximate surface area is 151 Å². The molecule has 5 nitrogen and oxygen atoms in total. The Balaban J connectivity index is 1.59. The fourth-order valence-corrected chi connectivity index (χ4v) is 2.88. The lowest BCUT2D eigenvalue weighted by molar-refractivity contribution is -0.116. The molecule has 0 saturated heterocycles. The maximum Gasteiger partial charge on any atom is 0.253 e. The summed E-state index contributed by atoms with van der Waals surface area (Å²) in [6.07, 6.45) is 1.10. The van der Waals surface area contributed by atoms with Gasteiger partial charge in [0.25, 0.3) is 5.91 Å². The molecule has 3 rings (SSSR count). The number of hydrogen-bond donors (Lipinski definition) is 1. The van der Waals surface area contributed by atoms with Crippen molar-refractivity contribution >= 4 is 29.1 Å². The minimum absolute atomic E-state index is 0.0143. The third-order valence-corrected chi connectivity index (χ3v) is 4.43. The molecule has 2 amide bonds. The van der Waals surface area contributed by atoms with E-state index in [4.69, 9.17) is 16.3 Å². The first-order valence-electron chi connectivity index (χ1n) is 8.10. The third-order valence-electron chi connectivity index (χ3n) is 4.12. The minimum atomic E-state index is -0.0811. The van der Waals surface area contributed by atoms with E-state index in [-0.39, 0.29) is 11.8 Å². The highest BCUT2D eigenvalue weighted by atomic mass is 35.5. The Hall–Kier alpha value is -2.53. The van der Waals surface area contributed by atoms with E-state index in [0.717, 1.165) is 11.3 Å². The van der Waals surface area contributed by atoms with Gasteiger partial charge in [-0.05, 0) is 42.3 Å². The number of ether oxygens (including phenoxy) is 1. The highest BCUT2D eigenvalue weighted by Crippen LogP contribution is 2.24. The number of amides is 2. The van der Waals surface area contributed by atoms with E-state index in [2.05, 4.69) is 5.32 Å². The second-order valence-corrected chi connectivity index (χ2v) is 6.33. The van der Waals surface area contributed by atoms with Gasteiger partial charge in [0.1, 0.15) is 12.4 Å². The normalized spacial score (nSPS) is 13.0. The first kappa shape index (κ1) is 17.3. The molecule has 0 fully saturated rings. The highest BCUT2D eigenvalue weighted by Gasteiger charge is 2.18. The smallest absolute Gasteiger partial charge is 0.253 e. The Kier molecular flexibility index (Phi) is 5.24. The van der Waals surface area contributed by atoms with Gasteiger partial charge in [-0.1, -0.05) is 23.7 Å². The fourth-order valence-electron chi connectivity index (χ4n) is 2.69. The van der Waals surface area contributed by atoms with Gasteiger partial charge < -0.3 is 15.0 Å². The molecule has 1 N–H and O–H groups in total. The summed E-state index contributed by atoms with van der Waals surface area (Å²) in [6.45, 7) is 0.796. The van der Waals surface area contributed by atoms with Crippen molar-refractivity contribution in [3.05, 3.63) is 58.6 Å². The number of aryl methyl sites for hydroxylation is 1. The minimum Gasteiger partial charge on any atom is -0.490 e. The average Bonchev–Trinajstić information content (AvgIpc) is 2.62. The van der Waals surface area contributed by atoms with Crippen LogP contribution in [0.15, 0.2) is 42.5 Å². The first-order chi connectivity index (χ1) is 12.0. The number of benzene rings is 2. The Morgan fingerprint density at radius 1 is 1.24 bits per heavy atom. The largest absolute Gasteiger partial charge is 0.490 e. The molecule has 0 unspecified atom stereocenters. The summed E-state index contributed by atoms with van der Waals surface area (Å²) in [7, 11) is 1.74. The van der Waals surface area contributed by atoms with Crippen molar-refractivity contribution in [2.75, 3.05) is 25.5 Å². The van der Waals surface area contributed by atoms with Crippen LogP contribution in [0.5, 0.6) is 5.75 Å². The van der Waals surface area contributed by atoms with Crippen molar-refractivity contribution in [2.45, 2.75) is 12.8 Å². The third kappa shape index (κ3) is 4.12. The predicted molar refractivity (Wildman–Crippen MR) is 97.3 cm³/mol. The van der Waals surface area contributed by atoms with Gasteiger partial charge in [-0.25, -0.2) is 0 Å². The molecule has 0 aliphatic carbocycles. The topological polar surface area (TPSA) is 58.6 Å². The van der Waals surface area contributed by atoms with Crippen LogP contribution in [0.25, 0.3) is 0 Å². The standard InChI is InChI=1S/C19H19ClN2O3/c1-22(10-11-25-17-5-3-2-4-15(17)20)19(24)14-6-8-16-13(12-14)7-9-18(23)21-16/h2-6,8,12H,7,9-11H2,1H3,(H,21,23). The number of likely N-dealkylation sites (N-methyl/N-ethyl adjacent to an activating group) is 1. The molecule has 25 heavy (non-hydrogen) atoms. The molecule has 0 spiro atoms. The molecule has 1 heterocycles. The van der Waals surface area contributed by atoms with Gasteiger partial charge in [-0.15, -0.1) is 0 Å². The molecule has 0 bridgehead atoms. The number of nitrogens with one attached hydrogen (secondary N) is 1. The van der Waals surface area contributed by atoms with Crippen LogP contribution in [0.2, 0.25) is 5.02 Å². The maximum atomic E-state index is 12.6. The van der Waals surface area contributed by atoms with E-state index < -0.39 is 0 Å². The summed E-state index contributed by atoms with van der Waals surface area (Å²) in [5.74, 6) is 0.539. The van der Waals surface area contributed by atoms with Crippen molar-refractivity contribution in [1.82, 2.24) is 4.90 Å². The predicted octanol–water partition coefficient (Wildman–Crippen LogP) is 3.38. The van der Waals surface area contributed by atoms with Gasteiger partial charge in [-0.3, -0.25) is 9.59 Å². The number of fused-ring (bicyclic) bond motifs is 1. The molecule has 2 aromatic rings. The summed E-state index contributed by atoms with van der Waals surface area (Å²) >= 11 is 6.04. The number of rotatable bonds is 5. The van der Waals surface area contributed by atoms with Crippen molar-refractivity contribution in [2.24, 2.45) is 0 Å². The summed E-state index contributed by atoms with van der Waals surface area (Å²) in [5.41, 5.74) is 2.39. The number of anilines is 1. The first-order valence-corrected chi connectivity index (χ1v) is 8.48. The molecule has 0 aromatic heterocycles. The summed E-state index contributed by atoms with van der Waals surface area (Å²) in [6, 6.07) is 12.6. The van der Waals surface area contributed by atoms with Crippen LogP contribution in [0.1, 0.15) is 22.3 Å². The average molecular weight is 359 g/mol. The maximum absolute atomic E-state index is 12.6. The summed E-state index contributed by atoms with van der Waals surface area (Å²) in [4.78, 5) is 25.6. The van der Waals surface area contributed by atoms with E-state index >= 15 is 0 Å². The van der Waals surface area contributed by atoms with Crippen molar-refractivity contribution in [3.63, 3.8) is 0 Å². The second-order valence-electron chi connectivity index (χ2n) is 5.93. The van der Waals surface area contributed by atoms with E-state index in [1.54, 1.807) is 36.2 Å². The molecule has 0 saturated carbocycles. The van der Waals surface area contributed by atoms with Gasteiger partial charge in [0.05, 0.1) is 11.6 Å². The number of nitrogens with zero attached hydrogens (tertiary/aromatic N) is 1. The molecule has 0 atom stereocenters. The number of halogens is 1. The van der Waals surface area contributed by atoms with Crippen molar-refractivity contribution < 1.29 is 14.3 Å². The summed E-state index contributed by atoms with van der Waals surface area (Å²) in [5, 5.41) is 3.37. The molecular weight excluding hydrogens is 340 g/mol. The monoisotopic (exact) mass is 358 g/mol. The van der Waals surface area contributed by atoms with Gasteiger partial charge >= 0.3 is 0 Å². The number of hydrogen-bond acceptors (Lipinski definition) is 3. The zero-order valence-corrected chi connectivity index (χ0v) is 14.7. The molecule has 1 aliphatic rings. The lowest BCUT2D eigenvalue weighted by Gasteiger charge is -2.20. The van der Waals surface area contributed by atoms with Crippen LogP contribution >= 0.6 is 11.6 Å². The van der Waals surface area contributed by atoms with Gasteiger partial charge in [-0.2, -0.15) is 0 Å². The molecule has 0 radical (unpaired) electrons. The zero-order valence-electron chi connectivity index (χ0n) is 13.9. The van der Waals surface area contributed by atoms with Crippen LogP contribution in [0, 0.1) is 0 Å². The van der Waals surface area contributed by atoms with Crippen molar-refractivity contribution in [1.29, 1.82) is 0 Å². The summed E-state index contributed by atoms with van der Waals surface area (Å²) < 4.78 is 5.62. The zero-order chi connectivity index (χ0) is 17.8. The lowest BCUT2D eigenvalue weighted by atomic mass is 10.00. The fraction of sp³-hybridized carbons (Fsp3) is 0.263.